The lowest BCUT2D eigenvalue weighted by molar-refractivity contribution is -0.167. The van der Waals surface area contributed by atoms with Gasteiger partial charge in [0.15, 0.2) is 6.10 Å². The highest BCUT2D eigenvalue weighted by molar-refractivity contribution is 5.71. The summed E-state index contributed by atoms with van der Waals surface area (Å²) in [6, 6.07) is 0. The van der Waals surface area contributed by atoms with Crippen LogP contribution in [0.4, 0.5) is 0 Å². The summed E-state index contributed by atoms with van der Waals surface area (Å²) in [7, 11) is 0. The molecule has 6 nitrogen and oxygen atoms in total. The quantitative estimate of drug-likeness (QED) is 0.0261. The predicted octanol–water partition coefficient (Wildman–Crippen LogP) is 23.5. The molecule has 6 heteroatoms. The molecule has 1 atom stereocenters. The molecule has 0 saturated heterocycles. The van der Waals surface area contributed by atoms with Gasteiger partial charge in [-0.15, -0.1) is 0 Å². The van der Waals surface area contributed by atoms with Crippen LogP contribution in [0.2, 0.25) is 0 Å². The third-order valence-electron chi connectivity index (χ3n) is 15.2. The van der Waals surface area contributed by atoms with E-state index in [2.05, 4.69) is 81.5 Å². The summed E-state index contributed by atoms with van der Waals surface area (Å²) in [6.45, 7) is 6.63. The van der Waals surface area contributed by atoms with Gasteiger partial charge in [-0.1, -0.05) is 293 Å². The van der Waals surface area contributed by atoms with Gasteiger partial charge < -0.3 is 14.2 Å². The molecule has 0 radical (unpaired) electrons. The second kappa shape index (κ2) is 66.6. The van der Waals surface area contributed by atoms with Gasteiger partial charge in [0.1, 0.15) is 13.2 Å². The molecule has 1 unspecified atom stereocenters. The van der Waals surface area contributed by atoms with Crippen molar-refractivity contribution in [1.29, 1.82) is 0 Å². The van der Waals surface area contributed by atoms with E-state index < -0.39 is 6.10 Å². The van der Waals surface area contributed by atoms with E-state index in [4.69, 9.17) is 14.2 Å². The van der Waals surface area contributed by atoms with E-state index >= 15 is 0 Å². The van der Waals surface area contributed by atoms with Gasteiger partial charge in [-0.25, -0.2) is 0 Å². The van der Waals surface area contributed by atoms with E-state index in [1.165, 1.54) is 231 Å². The molecule has 0 heterocycles. The third kappa shape index (κ3) is 63.9. The Kier molecular flexibility index (Phi) is 64.2. The van der Waals surface area contributed by atoms with Crippen LogP contribution in [-0.4, -0.2) is 37.2 Å². The van der Waals surface area contributed by atoms with Crippen LogP contribution in [0.3, 0.4) is 0 Å². The lowest BCUT2D eigenvalue weighted by atomic mass is 10.0. The molecule has 0 fully saturated rings. The molecule has 0 aromatic heterocycles. The molecule has 0 aliphatic heterocycles. The number of hydrogen-bond donors (Lipinski definition) is 0. The minimum atomic E-state index is -0.785. The van der Waals surface area contributed by atoms with Crippen LogP contribution in [0, 0.1) is 0 Å². The lowest BCUT2D eigenvalue weighted by Gasteiger charge is -2.18. The first-order valence-electron chi connectivity index (χ1n) is 34.3. The Balaban J connectivity index is 4.28. The average Bonchev–Trinajstić information content (AvgIpc) is 3.44. The first kappa shape index (κ1) is 75.1. The normalized spacial score (nSPS) is 12.4. The van der Waals surface area contributed by atoms with Crippen molar-refractivity contribution in [3.8, 4) is 0 Å². The Morgan fingerprint density at radius 2 is 0.462 bits per heavy atom. The Morgan fingerprint density at radius 1 is 0.256 bits per heavy atom. The van der Waals surface area contributed by atoms with Crippen LogP contribution < -0.4 is 0 Å². The first-order valence-corrected chi connectivity index (χ1v) is 34.3. The summed E-state index contributed by atoms with van der Waals surface area (Å²) in [4.78, 5) is 38.4. The predicted molar refractivity (Wildman–Crippen MR) is 339 cm³/mol. The van der Waals surface area contributed by atoms with Crippen LogP contribution in [0.15, 0.2) is 60.8 Å². The molecule has 0 spiro atoms. The van der Waals surface area contributed by atoms with Gasteiger partial charge in [0.2, 0.25) is 0 Å². The standard InChI is InChI=1S/C72H130O6/c1-4-7-10-13-16-19-22-25-28-30-32-33-34-35-36-37-38-39-40-42-44-47-50-53-56-59-62-65-71(74)77-68-69(67-76-70(73)64-61-58-55-52-49-46-43-27-24-21-18-15-12-9-6-3)78-72(75)66-63-60-57-54-51-48-45-41-31-29-26-23-20-17-14-11-8-5-2/h18,20-21,23,27,29-32,43,69H,4-17,19,22,24-26,28,33-42,44-68H2,1-3H3/b21-18-,23-20-,31-29-,32-30-,43-27-. The molecule has 0 rings (SSSR count). The Bertz CT molecular complexity index is 1390. The minimum absolute atomic E-state index is 0.0795. The van der Waals surface area contributed by atoms with Crippen molar-refractivity contribution in [3.63, 3.8) is 0 Å². The molecule has 0 aliphatic carbocycles. The van der Waals surface area contributed by atoms with Crippen molar-refractivity contribution in [2.24, 2.45) is 0 Å². The Labute approximate surface area is 485 Å². The van der Waals surface area contributed by atoms with Gasteiger partial charge in [0.05, 0.1) is 0 Å². The zero-order valence-corrected chi connectivity index (χ0v) is 52.2. The first-order chi connectivity index (χ1) is 38.5. The molecular weight excluding hydrogens is 961 g/mol. The zero-order chi connectivity index (χ0) is 56.4. The Morgan fingerprint density at radius 3 is 0.756 bits per heavy atom. The van der Waals surface area contributed by atoms with E-state index in [0.29, 0.717) is 19.3 Å². The number of carbonyl (C=O) groups is 3. The summed E-state index contributed by atoms with van der Waals surface area (Å²) >= 11 is 0. The number of allylic oxidation sites excluding steroid dienone is 10. The van der Waals surface area contributed by atoms with Crippen molar-refractivity contribution in [2.75, 3.05) is 13.2 Å². The second-order valence-corrected chi connectivity index (χ2v) is 23.1. The number of hydrogen-bond acceptors (Lipinski definition) is 6. The van der Waals surface area contributed by atoms with Gasteiger partial charge in [-0.05, 0) is 109 Å². The van der Waals surface area contributed by atoms with Crippen molar-refractivity contribution in [2.45, 2.75) is 367 Å². The van der Waals surface area contributed by atoms with Crippen molar-refractivity contribution >= 4 is 17.9 Å². The molecule has 0 aromatic rings. The largest absolute Gasteiger partial charge is 0.462 e. The van der Waals surface area contributed by atoms with Crippen molar-refractivity contribution in [1.82, 2.24) is 0 Å². The summed E-state index contributed by atoms with van der Waals surface area (Å²) in [5.74, 6) is -0.882. The molecular formula is C72H130O6. The Hall–Kier alpha value is -2.89. The van der Waals surface area contributed by atoms with E-state index in [-0.39, 0.29) is 31.1 Å². The fraction of sp³-hybridized carbons (Fsp3) is 0.819. The van der Waals surface area contributed by atoms with Gasteiger partial charge in [0.25, 0.3) is 0 Å². The SMILES string of the molecule is CCCCC/C=C\C/C=C\CCCCCCCC(=O)OCC(COC(=O)CCCCCCCCCCCCCCCCC/C=C\CCCCCCCCCC)OC(=O)CCCCCCCCC/C=C\C/C=C\CCCCCC. The number of rotatable bonds is 63. The number of carbonyl (C=O) groups excluding carboxylic acids is 3. The highest BCUT2D eigenvalue weighted by atomic mass is 16.6. The van der Waals surface area contributed by atoms with Gasteiger partial charge in [0, 0.05) is 19.3 Å². The topological polar surface area (TPSA) is 78.9 Å². The molecule has 78 heavy (non-hydrogen) atoms. The van der Waals surface area contributed by atoms with Crippen molar-refractivity contribution in [3.05, 3.63) is 60.8 Å². The van der Waals surface area contributed by atoms with Crippen LogP contribution in [0.25, 0.3) is 0 Å². The molecule has 0 N–H and O–H groups in total. The van der Waals surface area contributed by atoms with E-state index in [1.54, 1.807) is 0 Å². The van der Waals surface area contributed by atoms with E-state index in [1.807, 2.05) is 0 Å². The smallest absolute Gasteiger partial charge is 0.306 e. The van der Waals surface area contributed by atoms with Gasteiger partial charge in [-0.2, -0.15) is 0 Å². The fourth-order valence-corrected chi connectivity index (χ4v) is 10.0. The zero-order valence-electron chi connectivity index (χ0n) is 52.2. The number of esters is 3. The number of ether oxygens (including phenoxy) is 3. The van der Waals surface area contributed by atoms with Gasteiger partial charge >= 0.3 is 17.9 Å². The van der Waals surface area contributed by atoms with Crippen LogP contribution in [-0.2, 0) is 28.6 Å². The summed E-state index contributed by atoms with van der Waals surface area (Å²) < 4.78 is 17.0. The number of unbranched alkanes of at least 4 members (excludes halogenated alkanes) is 42. The van der Waals surface area contributed by atoms with Crippen LogP contribution >= 0.6 is 0 Å². The molecule has 0 aromatic carbocycles. The fourth-order valence-electron chi connectivity index (χ4n) is 10.0. The van der Waals surface area contributed by atoms with Crippen molar-refractivity contribution < 1.29 is 28.6 Å². The molecule has 454 valence electrons. The van der Waals surface area contributed by atoms with Crippen LogP contribution in [0.5, 0.6) is 0 Å². The molecule has 0 saturated carbocycles. The summed E-state index contributed by atoms with van der Waals surface area (Å²) in [5.41, 5.74) is 0. The molecule has 0 amide bonds. The maximum atomic E-state index is 12.9. The highest BCUT2D eigenvalue weighted by Crippen LogP contribution is 2.17. The molecule has 0 bridgehead atoms. The maximum Gasteiger partial charge on any atom is 0.306 e. The lowest BCUT2D eigenvalue weighted by Crippen LogP contribution is -2.30. The minimum Gasteiger partial charge on any atom is -0.462 e. The van der Waals surface area contributed by atoms with E-state index in [0.717, 1.165) is 89.9 Å². The van der Waals surface area contributed by atoms with E-state index in [9.17, 15) is 14.4 Å². The molecule has 0 aliphatic rings. The summed E-state index contributed by atoms with van der Waals surface area (Å²) in [6.07, 6.45) is 85.3. The van der Waals surface area contributed by atoms with Gasteiger partial charge in [-0.3, -0.25) is 14.4 Å². The third-order valence-corrected chi connectivity index (χ3v) is 15.2. The highest BCUT2D eigenvalue weighted by Gasteiger charge is 2.19. The monoisotopic (exact) mass is 1090 g/mol. The maximum absolute atomic E-state index is 12.9. The summed E-state index contributed by atoms with van der Waals surface area (Å²) in [5, 5.41) is 0. The van der Waals surface area contributed by atoms with Crippen LogP contribution in [0.1, 0.15) is 361 Å². The second-order valence-electron chi connectivity index (χ2n) is 23.1. The average molecular weight is 1090 g/mol.